The summed E-state index contributed by atoms with van der Waals surface area (Å²) in [6.07, 6.45) is 1.26. The van der Waals surface area contributed by atoms with Crippen molar-refractivity contribution in [3.05, 3.63) is 0 Å². The van der Waals surface area contributed by atoms with E-state index >= 15 is 0 Å². The van der Waals surface area contributed by atoms with Gasteiger partial charge >= 0.3 is 0 Å². The van der Waals surface area contributed by atoms with Gasteiger partial charge in [0.15, 0.2) is 0 Å². The van der Waals surface area contributed by atoms with Crippen LogP contribution in [0.15, 0.2) is 0 Å². The molecule has 1 aliphatic rings. The third-order valence-corrected chi connectivity index (χ3v) is 3.47. The molecule has 0 bridgehead atoms. The van der Waals surface area contributed by atoms with Gasteiger partial charge in [0.2, 0.25) is 0 Å². The molecular weight excluding hydrogens is 172 g/mol. The summed E-state index contributed by atoms with van der Waals surface area (Å²) in [6, 6.07) is 1.38. The van der Waals surface area contributed by atoms with Crippen LogP contribution in [0.25, 0.3) is 0 Å². The summed E-state index contributed by atoms with van der Waals surface area (Å²) in [6.45, 7) is 15.1. The Hall–Kier alpha value is -0.0800. The van der Waals surface area contributed by atoms with Crippen molar-refractivity contribution in [1.82, 2.24) is 10.2 Å². The van der Waals surface area contributed by atoms with Crippen molar-refractivity contribution in [3.8, 4) is 0 Å². The van der Waals surface area contributed by atoms with Gasteiger partial charge in [0.25, 0.3) is 0 Å². The fraction of sp³-hybridized carbons (Fsp3) is 1.00. The van der Waals surface area contributed by atoms with Crippen molar-refractivity contribution in [2.75, 3.05) is 19.6 Å². The Morgan fingerprint density at radius 3 is 2.57 bits per heavy atom. The Kier molecular flexibility index (Phi) is 3.96. The Labute approximate surface area is 89.1 Å². The molecule has 1 heterocycles. The molecule has 84 valence electrons. The summed E-state index contributed by atoms with van der Waals surface area (Å²) in [5.74, 6) is 0. The van der Waals surface area contributed by atoms with Gasteiger partial charge in [-0.25, -0.2) is 0 Å². The highest BCUT2D eigenvalue weighted by molar-refractivity contribution is 4.88. The minimum absolute atomic E-state index is 0.381. The van der Waals surface area contributed by atoms with Crippen LogP contribution in [0.4, 0.5) is 0 Å². The zero-order valence-corrected chi connectivity index (χ0v) is 10.4. The third kappa shape index (κ3) is 2.96. The largest absolute Gasteiger partial charge is 0.311 e. The molecule has 2 atom stereocenters. The number of hydrogen-bond acceptors (Lipinski definition) is 2. The predicted octanol–water partition coefficient (Wildman–Crippen LogP) is 2.10. The van der Waals surface area contributed by atoms with Gasteiger partial charge < -0.3 is 5.32 Å². The summed E-state index contributed by atoms with van der Waals surface area (Å²) in [5.41, 5.74) is 0.381. The first kappa shape index (κ1) is 12.0. The summed E-state index contributed by atoms with van der Waals surface area (Å²) < 4.78 is 0. The standard InChI is InChI=1S/C12H26N2/c1-6-10(2)14-8-7-13-11(9-14)12(3,4)5/h10-11,13H,6-9H2,1-5H3. The topological polar surface area (TPSA) is 15.3 Å². The second-order valence-corrected chi connectivity index (χ2v) is 5.62. The van der Waals surface area contributed by atoms with E-state index in [1.807, 2.05) is 0 Å². The Bertz CT molecular complexity index is 172. The first-order valence-electron chi connectivity index (χ1n) is 5.92. The summed E-state index contributed by atoms with van der Waals surface area (Å²) in [4.78, 5) is 2.62. The summed E-state index contributed by atoms with van der Waals surface area (Å²) >= 11 is 0. The molecule has 1 saturated heterocycles. The molecule has 1 aliphatic heterocycles. The van der Waals surface area contributed by atoms with Crippen molar-refractivity contribution in [1.29, 1.82) is 0 Å². The number of piperazine rings is 1. The fourth-order valence-corrected chi connectivity index (χ4v) is 2.01. The van der Waals surface area contributed by atoms with E-state index in [4.69, 9.17) is 0 Å². The zero-order chi connectivity index (χ0) is 10.8. The van der Waals surface area contributed by atoms with Crippen LogP contribution in [0.1, 0.15) is 41.0 Å². The Morgan fingerprint density at radius 1 is 1.43 bits per heavy atom. The Balaban J connectivity index is 2.52. The third-order valence-electron chi connectivity index (χ3n) is 3.47. The number of hydrogen-bond donors (Lipinski definition) is 1. The Morgan fingerprint density at radius 2 is 2.07 bits per heavy atom. The maximum absolute atomic E-state index is 3.63. The van der Waals surface area contributed by atoms with Gasteiger partial charge in [0.05, 0.1) is 0 Å². The monoisotopic (exact) mass is 198 g/mol. The predicted molar refractivity (Wildman–Crippen MR) is 62.6 cm³/mol. The molecule has 1 N–H and O–H groups in total. The average Bonchev–Trinajstić information content (AvgIpc) is 2.15. The first-order valence-corrected chi connectivity index (χ1v) is 5.92. The first-order chi connectivity index (χ1) is 6.45. The van der Waals surface area contributed by atoms with Gasteiger partial charge in [-0.2, -0.15) is 0 Å². The molecule has 0 radical (unpaired) electrons. The highest BCUT2D eigenvalue weighted by Gasteiger charge is 2.30. The normalized spacial score (nSPS) is 27.6. The maximum atomic E-state index is 3.63. The molecule has 0 saturated carbocycles. The molecule has 0 aromatic rings. The number of nitrogens with one attached hydrogen (secondary N) is 1. The van der Waals surface area contributed by atoms with E-state index < -0.39 is 0 Å². The highest BCUT2D eigenvalue weighted by Crippen LogP contribution is 2.22. The van der Waals surface area contributed by atoms with Crippen molar-refractivity contribution < 1.29 is 0 Å². The van der Waals surface area contributed by atoms with Gasteiger partial charge in [-0.1, -0.05) is 27.7 Å². The molecule has 0 aromatic heterocycles. The minimum Gasteiger partial charge on any atom is -0.311 e. The van der Waals surface area contributed by atoms with E-state index in [1.165, 1.54) is 19.5 Å². The number of rotatable bonds is 2. The van der Waals surface area contributed by atoms with Gasteiger partial charge in [0, 0.05) is 31.7 Å². The van der Waals surface area contributed by atoms with Gasteiger partial charge in [-0.05, 0) is 18.8 Å². The van der Waals surface area contributed by atoms with E-state index in [9.17, 15) is 0 Å². The molecular formula is C12H26N2. The molecule has 0 spiro atoms. The smallest absolute Gasteiger partial charge is 0.0244 e. The van der Waals surface area contributed by atoms with Crippen LogP contribution in [0, 0.1) is 5.41 Å². The van der Waals surface area contributed by atoms with Crippen molar-refractivity contribution >= 4 is 0 Å². The molecule has 2 heteroatoms. The van der Waals surface area contributed by atoms with E-state index in [0.29, 0.717) is 11.5 Å². The van der Waals surface area contributed by atoms with E-state index in [-0.39, 0.29) is 0 Å². The second kappa shape index (κ2) is 4.63. The SMILES string of the molecule is CCC(C)N1CCNC(C(C)(C)C)C1. The van der Waals surface area contributed by atoms with E-state index in [1.54, 1.807) is 0 Å². The van der Waals surface area contributed by atoms with Crippen LogP contribution in [0.3, 0.4) is 0 Å². The van der Waals surface area contributed by atoms with Crippen LogP contribution in [0.5, 0.6) is 0 Å². The summed E-state index contributed by atoms with van der Waals surface area (Å²) in [7, 11) is 0. The molecule has 2 nitrogen and oxygen atoms in total. The van der Waals surface area contributed by atoms with Crippen LogP contribution in [0.2, 0.25) is 0 Å². The molecule has 1 rings (SSSR count). The number of nitrogens with zero attached hydrogens (tertiary/aromatic N) is 1. The second-order valence-electron chi connectivity index (χ2n) is 5.62. The lowest BCUT2D eigenvalue weighted by molar-refractivity contribution is 0.102. The van der Waals surface area contributed by atoms with Crippen molar-refractivity contribution in [2.24, 2.45) is 5.41 Å². The lowest BCUT2D eigenvalue weighted by Gasteiger charge is -2.42. The molecule has 1 fully saturated rings. The van der Waals surface area contributed by atoms with Crippen LogP contribution < -0.4 is 5.32 Å². The van der Waals surface area contributed by atoms with Crippen molar-refractivity contribution in [3.63, 3.8) is 0 Å². The minimum atomic E-state index is 0.381. The fourth-order valence-electron chi connectivity index (χ4n) is 2.01. The van der Waals surface area contributed by atoms with Gasteiger partial charge in [-0.3, -0.25) is 4.90 Å². The van der Waals surface area contributed by atoms with Crippen molar-refractivity contribution in [2.45, 2.75) is 53.1 Å². The summed E-state index contributed by atoms with van der Waals surface area (Å²) in [5, 5.41) is 3.63. The molecule has 14 heavy (non-hydrogen) atoms. The molecule has 0 aliphatic carbocycles. The zero-order valence-electron chi connectivity index (χ0n) is 10.4. The lowest BCUT2D eigenvalue weighted by atomic mass is 9.85. The van der Waals surface area contributed by atoms with E-state index in [0.717, 1.165) is 12.6 Å². The van der Waals surface area contributed by atoms with Crippen LogP contribution in [-0.4, -0.2) is 36.6 Å². The van der Waals surface area contributed by atoms with Crippen LogP contribution >= 0.6 is 0 Å². The highest BCUT2D eigenvalue weighted by atomic mass is 15.2. The van der Waals surface area contributed by atoms with Gasteiger partial charge in [-0.15, -0.1) is 0 Å². The lowest BCUT2D eigenvalue weighted by Crippen LogP contribution is -2.57. The molecule has 0 amide bonds. The van der Waals surface area contributed by atoms with E-state index in [2.05, 4.69) is 44.8 Å². The molecule has 0 aromatic carbocycles. The quantitative estimate of drug-likeness (QED) is 0.731. The van der Waals surface area contributed by atoms with Gasteiger partial charge in [0.1, 0.15) is 0 Å². The van der Waals surface area contributed by atoms with Crippen LogP contribution in [-0.2, 0) is 0 Å². The maximum Gasteiger partial charge on any atom is 0.0244 e. The molecule has 2 unspecified atom stereocenters. The average molecular weight is 198 g/mol.